The van der Waals surface area contributed by atoms with Crippen LogP contribution >= 0.6 is 0 Å². The van der Waals surface area contributed by atoms with Gasteiger partial charge in [0.25, 0.3) is 11.1 Å². The van der Waals surface area contributed by atoms with Gasteiger partial charge in [0.05, 0.1) is 18.9 Å². The highest BCUT2D eigenvalue weighted by Crippen LogP contribution is 2.26. The first-order chi connectivity index (χ1) is 16.9. The fraction of sp³-hybridized carbons (Fsp3) is 0.370. The first-order valence-electron chi connectivity index (χ1n) is 11.9. The van der Waals surface area contributed by atoms with E-state index in [1.807, 2.05) is 6.07 Å². The fourth-order valence-electron chi connectivity index (χ4n) is 4.38. The average molecular weight is 474 g/mol. The second kappa shape index (κ2) is 10.7. The Morgan fingerprint density at radius 2 is 1.91 bits per heavy atom. The van der Waals surface area contributed by atoms with Crippen LogP contribution in [0.25, 0.3) is 12.2 Å². The Hall–Kier alpha value is -3.67. The van der Waals surface area contributed by atoms with Crippen LogP contribution in [0.2, 0.25) is 0 Å². The van der Waals surface area contributed by atoms with E-state index < -0.39 is 11.1 Å². The number of rotatable bonds is 6. The lowest BCUT2D eigenvalue weighted by atomic mass is 9.96. The van der Waals surface area contributed by atoms with Gasteiger partial charge in [-0.3, -0.25) is 9.59 Å². The molecule has 0 spiro atoms. The predicted octanol–water partition coefficient (Wildman–Crippen LogP) is 1.03. The summed E-state index contributed by atoms with van der Waals surface area (Å²) in [6, 6.07) is 7.35. The molecule has 2 aromatic heterocycles. The van der Waals surface area contributed by atoms with Crippen LogP contribution in [0.4, 0.5) is 0 Å². The standard InChI is InChI=1S/C27H31N5O3/c1-5-17-8-7-9-18(12-17)13-21-26(33)31-22(27(34)30-21)14-20-24(16(3)4)32-25(29-20)19(6-2)23-15-35-11-10-28-23/h1,7-9,12-14,16,19,23,28H,6,10-11,15H2,2-4H3,(H,29,32)(H,30,34)(H,31,33). The summed E-state index contributed by atoms with van der Waals surface area (Å²) in [7, 11) is 0. The van der Waals surface area contributed by atoms with Crippen molar-refractivity contribution in [3.8, 4) is 12.3 Å². The van der Waals surface area contributed by atoms with Crippen LogP contribution in [0.5, 0.6) is 0 Å². The lowest BCUT2D eigenvalue weighted by Crippen LogP contribution is -2.46. The second-order valence-electron chi connectivity index (χ2n) is 9.02. The molecule has 1 aliphatic rings. The van der Waals surface area contributed by atoms with Crippen molar-refractivity contribution in [3.63, 3.8) is 0 Å². The van der Waals surface area contributed by atoms with E-state index in [9.17, 15) is 9.59 Å². The third kappa shape index (κ3) is 5.53. The van der Waals surface area contributed by atoms with E-state index in [2.05, 4.69) is 47.0 Å². The van der Waals surface area contributed by atoms with Crippen molar-refractivity contribution < 1.29 is 4.74 Å². The number of nitrogens with one attached hydrogen (secondary N) is 4. The van der Waals surface area contributed by atoms with Crippen molar-refractivity contribution in [2.75, 3.05) is 19.8 Å². The molecule has 1 aliphatic heterocycles. The molecular formula is C27H31N5O3. The zero-order chi connectivity index (χ0) is 24.9. The number of imidazole rings is 1. The molecule has 0 aliphatic carbocycles. The van der Waals surface area contributed by atoms with Gasteiger partial charge in [0.1, 0.15) is 16.5 Å². The molecule has 35 heavy (non-hydrogen) atoms. The van der Waals surface area contributed by atoms with Gasteiger partial charge in [0, 0.05) is 29.8 Å². The number of H-pyrrole nitrogens is 3. The molecule has 4 N–H and O–H groups in total. The molecule has 1 fully saturated rings. The Kier molecular flexibility index (Phi) is 7.49. The molecule has 1 aromatic carbocycles. The van der Waals surface area contributed by atoms with Crippen molar-refractivity contribution >= 4 is 12.2 Å². The monoisotopic (exact) mass is 473 g/mol. The van der Waals surface area contributed by atoms with Crippen LogP contribution in [0, 0.1) is 12.3 Å². The van der Waals surface area contributed by atoms with Crippen molar-refractivity contribution in [2.45, 2.75) is 45.1 Å². The summed E-state index contributed by atoms with van der Waals surface area (Å²) >= 11 is 0. The third-order valence-electron chi connectivity index (χ3n) is 6.22. The highest BCUT2D eigenvalue weighted by molar-refractivity contribution is 5.52. The highest BCUT2D eigenvalue weighted by Gasteiger charge is 2.27. The number of nitrogens with zero attached hydrogens (tertiary/aromatic N) is 1. The number of hydrogen-bond donors (Lipinski definition) is 4. The van der Waals surface area contributed by atoms with Gasteiger partial charge in [-0.2, -0.15) is 0 Å². The molecular weight excluding hydrogens is 442 g/mol. The van der Waals surface area contributed by atoms with Crippen LogP contribution in [0.1, 0.15) is 67.4 Å². The summed E-state index contributed by atoms with van der Waals surface area (Å²) < 4.78 is 5.65. The quantitative estimate of drug-likeness (QED) is 0.399. The number of ether oxygens (including phenoxy) is 1. The largest absolute Gasteiger partial charge is 0.378 e. The molecule has 0 bridgehead atoms. The second-order valence-corrected chi connectivity index (χ2v) is 9.02. The topological polar surface area (TPSA) is 116 Å². The number of morpholine rings is 1. The molecule has 2 unspecified atom stereocenters. The van der Waals surface area contributed by atoms with Crippen molar-refractivity contribution in [1.82, 2.24) is 25.3 Å². The summed E-state index contributed by atoms with van der Waals surface area (Å²) in [5.74, 6) is 3.70. The molecule has 3 aromatic rings. The van der Waals surface area contributed by atoms with Gasteiger partial charge < -0.3 is 25.0 Å². The van der Waals surface area contributed by atoms with Crippen LogP contribution in [-0.4, -0.2) is 45.7 Å². The number of hydrogen-bond acceptors (Lipinski definition) is 5. The Morgan fingerprint density at radius 3 is 2.54 bits per heavy atom. The Bertz CT molecular complexity index is 1470. The maximum Gasteiger partial charge on any atom is 0.272 e. The third-order valence-corrected chi connectivity index (χ3v) is 6.22. The van der Waals surface area contributed by atoms with Gasteiger partial charge in [-0.1, -0.05) is 38.8 Å². The van der Waals surface area contributed by atoms with E-state index in [1.54, 1.807) is 30.4 Å². The molecule has 8 nitrogen and oxygen atoms in total. The Labute approximate surface area is 203 Å². The molecule has 182 valence electrons. The van der Waals surface area contributed by atoms with E-state index in [0.29, 0.717) is 24.5 Å². The molecule has 4 rings (SSSR count). The molecule has 2 atom stereocenters. The Balaban J connectivity index is 1.75. The lowest BCUT2D eigenvalue weighted by Gasteiger charge is -2.29. The van der Waals surface area contributed by atoms with Crippen LogP contribution in [0.3, 0.4) is 0 Å². The maximum absolute atomic E-state index is 12.9. The van der Waals surface area contributed by atoms with E-state index >= 15 is 0 Å². The molecule has 1 saturated heterocycles. The molecule has 0 radical (unpaired) electrons. The van der Waals surface area contributed by atoms with E-state index in [0.717, 1.165) is 30.0 Å². The first-order valence-corrected chi connectivity index (χ1v) is 11.9. The summed E-state index contributed by atoms with van der Waals surface area (Å²) in [5.41, 5.74) is 2.17. The zero-order valence-electron chi connectivity index (χ0n) is 20.3. The van der Waals surface area contributed by atoms with Gasteiger partial charge in [-0.15, -0.1) is 6.42 Å². The highest BCUT2D eigenvalue weighted by atomic mass is 16.5. The van der Waals surface area contributed by atoms with E-state index in [-0.39, 0.29) is 28.6 Å². The number of aromatic amines is 3. The normalized spacial score (nSPS) is 18.1. The fourth-order valence-corrected chi connectivity index (χ4v) is 4.38. The molecule has 0 saturated carbocycles. The van der Waals surface area contributed by atoms with Crippen LogP contribution in [-0.2, 0) is 4.74 Å². The van der Waals surface area contributed by atoms with Crippen molar-refractivity contribution in [1.29, 1.82) is 0 Å². The SMILES string of the molecule is C#Cc1cccc(C=c2[nH]c(=O)c(=Cc3nc(C(CC)C4COCCN4)[nH]c3C(C)C)[nH]c2=O)c1. The van der Waals surface area contributed by atoms with Gasteiger partial charge in [-0.05, 0) is 42.2 Å². The minimum atomic E-state index is -0.405. The van der Waals surface area contributed by atoms with Crippen molar-refractivity contribution in [2.24, 2.45) is 0 Å². The number of benzene rings is 1. The molecule has 3 heterocycles. The smallest absolute Gasteiger partial charge is 0.272 e. The van der Waals surface area contributed by atoms with Crippen LogP contribution in [0.15, 0.2) is 33.9 Å². The number of aromatic nitrogens is 4. The zero-order valence-corrected chi connectivity index (χ0v) is 20.3. The summed E-state index contributed by atoms with van der Waals surface area (Å²) in [5, 5.41) is 3.82. The summed E-state index contributed by atoms with van der Waals surface area (Å²) in [6.45, 7) is 8.40. The lowest BCUT2D eigenvalue weighted by molar-refractivity contribution is 0.0664. The Morgan fingerprint density at radius 1 is 1.17 bits per heavy atom. The van der Waals surface area contributed by atoms with Gasteiger partial charge in [0.2, 0.25) is 0 Å². The molecule has 8 heteroatoms. The van der Waals surface area contributed by atoms with Gasteiger partial charge in [0.15, 0.2) is 0 Å². The van der Waals surface area contributed by atoms with Crippen LogP contribution < -0.4 is 27.1 Å². The number of terminal acetylenes is 1. The molecule has 0 amide bonds. The van der Waals surface area contributed by atoms with Gasteiger partial charge >= 0.3 is 0 Å². The van der Waals surface area contributed by atoms with E-state index in [4.69, 9.17) is 16.1 Å². The van der Waals surface area contributed by atoms with Gasteiger partial charge in [-0.25, -0.2) is 4.98 Å². The minimum Gasteiger partial charge on any atom is -0.378 e. The predicted molar refractivity (Wildman–Crippen MR) is 137 cm³/mol. The van der Waals surface area contributed by atoms with Crippen molar-refractivity contribution in [3.05, 3.63) is 84.0 Å². The first kappa shape index (κ1) is 24.5. The minimum absolute atomic E-state index is 0.142. The average Bonchev–Trinajstić information content (AvgIpc) is 3.27. The summed E-state index contributed by atoms with van der Waals surface area (Å²) in [4.78, 5) is 39.3. The summed E-state index contributed by atoms with van der Waals surface area (Å²) in [6.07, 6.45) is 9.57. The van der Waals surface area contributed by atoms with E-state index in [1.165, 1.54) is 0 Å². The maximum atomic E-state index is 12.9.